The predicted octanol–water partition coefficient (Wildman–Crippen LogP) is 1.71. The smallest absolute Gasteiger partial charge is 0.303 e. The Balaban J connectivity index is 2.64. The summed E-state index contributed by atoms with van der Waals surface area (Å²) in [5, 5.41) is 8.65. The lowest BCUT2D eigenvalue weighted by Crippen LogP contribution is -2.22. The van der Waals surface area contributed by atoms with Gasteiger partial charge in [0.15, 0.2) is 0 Å². The number of ketones is 1. The highest BCUT2D eigenvalue weighted by atomic mass is 16.4. The van der Waals surface area contributed by atoms with Gasteiger partial charge in [-0.25, -0.2) is 0 Å². The van der Waals surface area contributed by atoms with Gasteiger partial charge in [0.1, 0.15) is 5.78 Å². The molecule has 0 saturated heterocycles. The average molecular weight is 184 g/mol. The van der Waals surface area contributed by atoms with Crippen LogP contribution in [0.5, 0.6) is 0 Å². The molecule has 0 aromatic heterocycles. The van der Waals surface area contributed by atoms with Gasteiger partial charge in [0, 0.05) is 18.8 Å². The van der Waals surface area contributed by atoms with E-state index in [-0.39, 0.29) is 30.0 Å². The van der Waals surface area contributed by atoms with Crippen molar-refractivity contribution >= 4 is 11.8 Å². The Kier molecular flexibility index (Phi) is 3.07. The lowest BCUT2D eigenvalue weighted by atomic mass is 9.84. The zero-order valence-corrected chi connectivity index (χ0v) is 8.12. The van der Waals surface area contributed by atoms with Crippen LogP contribution in [0.3, 0.4) is 0 Å². The molecule has 13 heavy (non-hydrogen) atoms. The van der Waals surface area contributed by atoms with Crippen LogP contribution in [0.1, 0.15) is 33.1 Å². The zero-order chi connectivity index (χ0) is 10.0. The molecule has 1 aliphatic rings. The molecule has 0 aromatic rings. The first-order valence-electron chi connectivity index (χ1n) is 4.77. The monoisotopic (exact) mass is 184 g/mol. The van der Waals surface area contributed by atoms with Gasteiger partial charge in [0.05, 0.1) is 0 Å². The molecule has 0 bridgehead atoms. The van der Waals surface area contributed by atoms with Crippen molar-refractivity contribution in [1.82, 2.24) is 0 Å². The van der Waals surface area contributed by atoms with E-state index in [0.29, 0.717) is 6.42 Å². The van der Waals surface area contributed by atoms with Gasteiger partial charge in [-0.05, 0) is 18.3 Å². The number of Topliss-reactive ketones (excluding diaryl/α,β-unsaturated/α-hetero) is 1. The van der Waals surface area contributed by atoms with Gasteiger partial charge >= 0.3 is 5.97 Å². The summed E-state index contributed by atoms with van der Waals surface area (Å²) in [6.45, 7) is 3.98. The van der Waals surface area contributed by atoms with E-state index in [1.807, 2.05) is 13.8 Å². The number of aliphatic carboxylic acids is 1. The average Bonchev–Trinajstić information content (AvgIpc) is 2.30. The van der Waals surface area contributed by atoms with Gasteiger partial charge in [-0.15, -0.1) is 0 Å². The van der Waals surface area contributed by atoms with Crippen LogP contribution in [0, 0.1) is 17.8 Å². The molecule has 0 spiro atoms. The summed E-state index contributed by atoms with van der Waals surface area (Å²) >= 11 is 0. The van der Waals surface area contributed by atoms with Crippen LogP contribution in [0.15, 0.2) is 0 Å². The highest BCUT2D eigenvalue weighted by Gasteiger charge is 2.37. The molecule has 3 nitrogen and oxygen atoms in total. The minimum Gasteiger partial charge on any atom is -0.481 e. The Morgan fingerprint density at radius 3 is 2.69 bits per heavy atom. The molecule has 1 fully saturated rings. The maximum absolute atomic E-state index is 11.4. The third-order valence-electron chi connectivity index (χ3n) is 2.80. The second-order valence-electron chi connectivity index (χ2n) is 4.13. The fraction of sp³-hybridized carbons (Fsp3) is 0.800. The number of carbonyl (C=O) groups is 2. The van der Waals surface area contributed by atoms with Crippen molar-refractivity contribution in [3.63, 3.8) is 0 Å². The number of hydrogen-bond acceptors (Lipinski definition) is 2. The Morgan fingerprint density at radius 2 is 2.23 bits per heavy atom. The van der Waals surface area contributed by atoms with E-state index < -0.39 is 5.97 Å². The van der Waals surface area contributed by atoms with Gasteiger partial charge in [0.25, 0.3) is 0 Å². The molecular weight excluding hydrogens is 168 g/mol. The van der Waals surface area contributed by atoms with Crippen LogP contribution < -0.4 is 0 Å². The lowest BCUT2D eigenvalue weighted by Gasteiger charge is -2.19. The van der Waals surface area contributed by atoms with Crippen molar-refractivity contribution in [2.24, 2.45) is 17.8 Å². The molecule has 0 radical (unpaired) electrons. The standard InChI is InChI=1S/C10H16O3/c1-6(2)10-7(5-9(12)13)3-4-8(10)11/h6-7,10H,3-5H2,1-2H3,(H,12,13). The molecule has 0 heterocycles. The van der Waals surface area contributed by atoms with E-state index in [1.54, 1.807) is 0 Å². The molecule has 0 aliphatic heterocycles. The van der Waals surface area contributed by atoms with Gasteiger partial charge < -0.3 is 5.11 Å². The van der Waals surface area contributed by atoms with E-state index in [2.05, 4.69) is 0 Å². The maximum atomic E-state index is 11.4. The molecule has 3 heteroatoms. The molecular formula is C10H16O3. The summed E-state index contributed by atoms with van der Waals surface area (Å²) in [5.74, 6) is -0.202. The van der Waals surface area contributed by atoms with Crippen LogP contribution in [0.4, 0.5) is 0 Å². The van der Waals surface area contributed by atoms with Gasteiger partial charge in [-0.3, -0.25) is 9.59 Å². The lowest BCUT2D eigenvalue weighted by molar-refractivity contribution is -0.138. The first kappa shape index (κ1) is 10.2. The fourth-order valence-corrected chi connectivity index (χ4v) is 2.31. The van der Waals surface area contributed by atoms with Crippen molar-refractivity contribution in [3.8, 4) is 0 Å². The number of carboxylic acids is 1. The Bertz CT molecular complexity index is 220. The first-order valence-corrected chi connectivity index (χ1v) is 4.77. The molecule has 2 atom stereocenters. The first-order chi connectivity index (χ1) is 6.02. The summed E-state index contributed by atoms with van der Waals surface area (Å²) in [5.41, 5.74) is 0. The van der Waals surface area contributed by atoms with E-state index in [0.717, 1.165) is 6.42 Å². The van der Waals surface area contributed by atoms with Crippen molar-refractivity contribution in [1.29, 1.82) is 0 Å². The van der Waals surface area contributed by atoms with E-state index in [9.17, 15) is 9.59 Å². The Labute approximate surface area is 78.1 Å². The number of hydrogen-bond donors (Lipinski definition) is 1. The Morgan fingerprint density at radius 1 is 1.62 bits per heavy atom. The molecule has 0 aromatic carbocycles. The largest absolute Gasteiger partial charge is 0.481 e. The molecule has 1 N–H and O–H groups in total. The van der Waals surface area contributed by atoms with E-state index in [1.165, 1.54) is 0 Å². The minimum atomic E-state index is -0.787. The highest BCUT2D eigenvalue weighted by Crippen LogP contribution is 2.36. The van der Waals surface area contributed by atoms with Crippen LogP contribution in [-0.4, -0.2) is 16.9 Å². The highest BCUT2D eigenvalue weighted by molar-refractivity contribution is 5.84. The van der Waals surface area contributed by atoms with E-state index >= 15 is 0 Å². The second-order valence-corrected chi connectivity index (χ2v) is 4.13. The SMILES string of the molecule is CC(C)C1C(=O)CCC1CC(=O)O. The summed E-state index contributed by atoms with van der Waals surface area (Å²) in [7, 11) is 0. The quantitative estimate of drug-likeness (QED) is 0.726. The molecule has 1 rings (SSSR count). The molecule has 1 aliphatic carbocycles. The normalized spacial score (nSPS) is 28.4. The van der Waals surface area contributed by atoms with Crippen LogP contribution in [0.25, 0.3) is 0 Å². The zero-order valence-electron chi connectivity index (χ0n) is 8.12. The maximum Gasteiger partial charge on any atom is 0.303 e. The summed E-state index contributed by atoms with van der Waals surface area (Å²) < 4.78 is 0. The number of carboxylic acid groups (broad SMARTS) is 1. The number of carbonyl (C=O) groups excluding carboxylic acids is 1. The molecule has 1 saturated carbocycles. The van der Waals surface area contributed by atoms with Gasteiger partial charge in [-0.1, -0.05) is 13.8 Å². The third kappa shape index (κ3) is 2.29. The van der Waals surface area contributed by atoms with Crippen molar-refractivity contribution < 1.29 is 14.7 Å². The summed E-state index contributed by atoms with van der Waals surface area (Å²) in [6.07, 6.45) is 1.48. The minimum absolute atomic E-state index is 0.0175. The van der Waals surface area contributed by atoms with E-state index in [4.69, 9.17) is 5.11 Å². The summed E-state index contributed by atoms with van der Waals surface area (Å²) in [4.78, 5) is 21.9. The molecule has 74 valence electrons. The molecule has 2 unspecified atom stereocenters. The van der Waals surface area contributed by atoms with Crippen LogP contribution >= 0.6 is 0 Å². The van der Waals surface area contributed by atoms with Gasteiger partial charge in [0.2, 0.25) is 0 Å². The summed E-state index contributed by atoms with van der Waals surface area (Å²) in [6, 6.07) is 0. The number of rotatable bonds is 3. The van der Waals surface area contributed by atoms with Crippen LogP contribution in [-0.2, 0) is 9.59 Å². The second kappa shape index (κ2) is 3.90. The Hall–Kier alpha value is -0.860. The fourth-order valence-electron chi connectivity index (χ4n) is 2.31. The van der Waals surface area contributed by atoms with Crippen molar-refractivity contribution in [2.75, 3.05) is 0 Å². The predicted molar refractivity (Wildman–Crippen MR) is 48.3 cm³/mol. The van der Waals surface area contributed by atoms with Crippen molar-refractivity contribution in [2.45, 2.75) is 33.1 Å². The van der Waals surface area contributed by atoms with Crippen molar-refractivity contribution in [3.05, 3.63) is 0 Å². The van der Waals surface area contributed by atoms with Crippen LogP contribution in [0.2, 0.25) is 0 Å². The van der Waals surface area contributed by atoms with Gasteiger partial charge in [-0.2, -0.15) is 0 Å². The topological polar surface area (TPSA) is 54.4 Å². The third-order valence-corrected chi connectivity index (χ3v) is 2.80. The molecule has 0 amide bonds.